The molecule has 0 rings (SSSR count). The lowest BCUT2D eigenvalue weighted by Crippen LogP contribution is -2.21. The Morgan fingerprint density at radius 3 is 2.54 bits per heavy atom. The van der Waals surface area contributed by atoms with E-state index >= 15 is 0 Å². The van der Waals surface area contributed by atoms with Gasteiger partial charge in [-0.25, -0.2) is 0 Å². The summed E-state index contributed by atoms with van der Waals surface area (Å²) in [5.41, 5.74) is 0. The molecule has 0 saturated heterocycles. The van der Waals surface area contributed by atoms with Crippen molar-refractivity contribution in [2.75, 3.05) is 6.61 Å². The van der Waals surface area contributed by atoms with E-state index in [1.165, 1.54) is 0 Å². The van der Waals surface area contributed by atoms with Crippen LogP contribution >= 0.6 is 0 Å². The lowest BCUT2D eigenvalue weighted by atomic mass is 10.2. The number of hydrogen-bond acceptors (Lipinski definition) is 3. The Morgan fingerprint density at radius 1 is 1.46 bits per heavy atom. The zero-order valence-corrected chi connectivity index (χ0v) is 8.75. The SMILES string of the molecule is CCCCC(O)COC(=O)C(C)C. The molecule has 0 aliphatic rings. The summed E-state index contributed by atoms with van der Waals surface area (Å²) in [7, 11) is 0. The fourth-order valence-corrected chi connectivity index (χ4v) is 0.868. The molecule has 3 nitrogen and oxygen atoms in total. The van der Waals surface area contributed by atoms with Crippen molar-refractivity contribution in [2.24, 2.45) is 5.92 Å². The molecule has 0 aliphatic heterocycles. The molecular weight excluding hydrogens is 168 g/mol. The molecule has 13 heavy (non-hydrogen) atoms. The van der Waals surface area contributed by atoms with Gasteiger partial charge in [-0.1, -0.05) is 33.6 Å². The maximum atomic E-state index is 11.0. The number of carbonyl (C=O) groups excluding carboxylic acids is 1. The van der Waals surface area contributed by atoms with Crippen molar-refractivity contribution in [1.29, 1.82) is 0 Å². The van der Waals surface area contributed by atoms with E-state index < -0.39 is 6.10 Å². The summed E-state index contributed by atoms with van der Waals surface area (Å²) < 4.78 is 4.87. The molecular formula is C10H20O3. The summed E-state index contributed by atoms with van der Waals surface area (Å²) in [6.07, 6.45) is 2.24. The van der Waals surface area contributed by atoms with Gasteiger partial charge in [0.15, 0.2) is 0 Å². The summed E-state index contributed by atoms with van der Waals surface area (Å²) in [6.45, 7) is 5.76. The highest BCUT2D eigenvalue weighted by molar-refractivity contribution is 5.71. The van der Waals surface area contributed by atoms with Gasteiger partial charge < -0.3 is 9.84 Å². The van der Waals surface area contributed by atoms with Gasteiger partial charge in [0, 0.05) is 0 Å². The second kappa shape index (κ2) is 6.89. The third kappa shape index (κ3) is 6.58. The number of rotatable bonds is 6. The van der Waals surface area contributed by atoms with Gasteiger partial charge in [0.2, 0.25) is 0 Å². The first-order chi connectivity index (χ1) is 6.07. The molecule has 0 saturated carbocycles. The highest BCUT2D eigenvalue weighted by Crippen LogP contribution is 2.02. The van der Waals surface area contributed by atoms with Gasteiger partial charge in [0.25, 0.3) is 0 Å². The third-order valence-corrected chi connectivity index (χ3v) is 1.78. The Bertz CT molecular complexity index is 143. The lowest BCUT2D eigenvalue weighted by molar-refractivity contribution is -0.150. The van der Waals surface area contributed by atoms with Crippen LogP contribution < -0.4 is 0 Å². The third-order valence-electron chi connectivity index (χ3n) is 1.78. The molecule has 1 atom stereocenters. The van der Waals surface area contributed by atoms with Crippen LogP contribution in [0.2, 0.25) is 0 Å². The van der Waals surface area contributed by atoms with Crippen LogP contribution in [0.25, 0.3) is 0 Å². The zero-order chi connectivity index (χ0) is 10.3. The monoisotopic (exact) mass is 188 g/mol. The molecule has 0 amide bonds. The van der Waals surface area contributed by atoms with Crippen LogP contribution in [-0.2, 0) is 9.53 Å². The Balaban J connectivity index is 3.46. The number of ether oxygens (including phenoxy) is 1. The minimum absolute atomic E-state index is 0.113. The van der Waals surface area contributed by atoms with Crippen LogP contribution in [0.1, 0.15) is 40.0 Å². The van der Waals surface area contributed by atoms with Crippen molar-refractivity contribution in [2.45, 2.75) is 46.1 Å². The topological polar surface area (TPSA) is 46.5 Å². The molecule has 0 aromatic carbocycles. The molecule has 0 fully saturated rings. The molecule has 3 heteroatoms. The Hall–Kier alpha value is -0.570. The summed E-state index contributed by atoms with van der Waals surface area (Å²) in [6, 6.07) is 0. The molecule has 78 valence electrons. The van der Waals surface area contributed by atoms with E-state index in [1.807, 2.05) is 0 Å². The zero-order valence-electron chi connectivity index (χ0n) is 8.75. The number of carbonyl (C=O) groups is 1. The largest absolute Gasteiger partial charge is 0.463 e. The van der Waals surface area contributed by atoms with Gasteiger partial charge in [-0.05, 0) is 6.42 Å². The van der Waals surface area contributed by atoms with E-state index in [4.69, 9.17) is 4.74 Å². The van der Waals surface area contributed by atoms with Crippen LogP contribution in [0, 0.1) is 5.92 Å². The highest BCUT2D eigenvalue weighted by Gasteiger charge is 2.11. The van der Waals surface area contributed by atoms with Crippen LogP contribution in [-0.4, -0.2) is 23.8 Å². The fourth-order valence-electron chi connectivity index (χ4n) is 0.868. The van der Waals surface area contributed by atoms with Crippen molar-refractivity contribution in [3.8, 4) is 0 Å². The predicted octanol–water partition coefficient (Wildman–Crippen LogP) is 1.74. The van der Waals surface area contributed by atoms with Crippen LogP contribution in [0.5, 0.6) is 0 Å². The van der Waals surface area contributed by atoms with E-state index in [-0.39, 0.29) is 18.5 Å². The molecule has 0 aromatic rings. The number of aliphatic hydroxyl groups excluding tert-OH is 1. The molecule has 0 heterocycles. The van der Waals surface area contributed by atoms with Gasteiger partial charge >= 0.3 is 5.97 Å². The van der Waals surface area contributed by atoms with Crippen molar-refractivity contribution in [1.82, 2.24) is 0 Å². The van der Waals surface area contributed by atoms with Crippen LogP contribution in [0.4, 0.5) is 0 Å². The lowest BCUT2D eigenvalue weighted by Gasteiger charge is -2.11. The first-order valence-electron chi connectivity index (χ1n) is 4.92. The predicted molar refractivity (Wildman–Crippen MR) is 51.3 cm³/mol. The second-order valence-electron chi connectivity index (χ2n) is 3.58. The number of hydrogen-bond donors (Lipinski definition) is 1. The maximum absolute atomic E-state index is 11.0. The van der Waals surface area contributed by atoms with Crippen molar-refractivity contribution in [3.05, 3.63) is 0 Å². The molecule has 0 spiro atoms. The fraction of sp³-hybridized carbons (Fsp3) is 0.900. The average molecular weight is 188 g/mol. The van der Waals surface area contributed by atoms with Crippen LogP contribution in [0.3, 0.4) is 0 Å². The molecule has 0 aliphatic carbocycles. The molecule has 1 N–H and O–H groups in total. The van der Waals surface area contributed by atoms with Crippen LogP contribution in [0.15, 0.2) is 0 Å². The van der Waals surface area contributed by atoms with Gasteiger partial charge in [-0.3, -0.25) is 4.79 Å². The quantitative estimate of drug-likeness (QED) is 0.646. The van der Waals surface area contributed by atoms with E-state index in [0.29, 0.717) is 6.42 Å². The van der Waals surface area contributed by atoms with Crippen molar-refractivity contribution >= 4 is 5.97 Å². The van der Waals surface area contributed by atoms with Crippen molar-refractivity contribution < 1.29 is 14.6 Å². The summed E-state index contributed by atoms with van der Waals surface area (Å²) >= 11 is 0. The molecule has 0 aromatic heterocycles. The minimum atomic E-state index is -0.498. The molecule has 1 unspecified atom stereocenters. The van der Waals surface area contributed by atoms with E-state index in [2.05, 4.69) is 6.92 Å². The number of unbranched alkanes of at least 4 members (excludes halogenated alkanes) is 1. The minimum Gasteiger partial charge on any atom is -0.463 e. The van der Waals surface area contributed by atoms with Gasteiger partial charge in [-0.15, -0.1) is 0 Å². The average Bonchev–Trinajstić information content (AvgIpc) is 2.10. The van der Waals surface area contributed by atoms with E-state index in [0.717, 1.165) is 12.8 Å². The summed E-state index contributed by atoms with van der Waals surface area (Å²) in [5.74, 6) is -0.353. The van der Waals surface area contributed by atoms with Crippen molar-refractivity contribution in [3.63, 3.8) is 0 Å². The van der Waals surface area contributed by atoms with Gasteiger partial charge in [0.1, 0.15) is 6.61 Å². The first-order valence-corrected chi connectivity index (χ1v) is 4.92. The first kappa shape index (κ1) is 12.4. The standard InChI is InChI=1S/C10H20O3/c1-4-5-6-9(11)7-13-10(12)8(2)3/h8-9,11H,4-7H2,1-3H3. The highest BCUT2D eigenvalue weighted by atomic mass is 16.5. The maximum Gasteiger partial charge on any atom is 0.308 e. The summed E-state index contributed by atoms with van der Waals surface area (Å²) in [4.78, 5) is 11.0. The summed E-state index contributed by atoms with van der Waals surface area (Å²) in [5, 5.41) is 9.33. The van der Waals surface area contributed by atoms with E-state index in [9.17, 15) is 9.90 Å². The Kier molecular flexibility index (Phi) is 6.59. The number of esters is 1. The molecule has 0 bridgehead atoms. The molecule has 0 radical (unpaired) electrons. The Morgan fingerprint density at radius 2 is 2.08 bits per heavy atom. The van der Waals surface area contributed by atoms with Gasteiger partial charge in [0.05, 0.1) is 12.0 Å². The Labute approximate surface area is 80.1 Å². The van der Waals surface area contributed by atoms with E-state index in [1.54, 1.807) is 13.8 Å². The second-order valence-corrected chi connectivity index (χ2v) is 3.58. The van der Waals surface area contributed by atoms with Gasteiger partial charge in [-0.2, -0.15) is 0 Å². The normalized spacial score (nSPS) is 13.0. The smallest absolute Gasteiger partial charge is 0.308 e. The number of aliphatic hydroxyl groups is 1.